The summed E-state index contributed by atoms with van der Waals surface area (Å²) in [5.74, 6) is -0.341. The lowest BCUT2D eigenvalue weighted by Gasteiger charge is -2.15. The SMILES string of the molecule is CCC(=O)Nc1ccc(C(=O)NCCNC(=O)C(C)n2nc(C3CC3)ccc2=O)cc1. The van der Waals surface area contributed by atoms with Crippen molar-refractivity contribution >= 4 is 23.4 Å². The van der Waals surface area contributed by atoms with E-state index in [4.69, 9.17) is 0 Å². The summed E-state index contributed by atoms with van der Waals surface area (Å²) in [5, 5.41) is 12.5. The molecule has 164 valence electrons. The third kappa shape index (κ3) is 6.00. The molecule has 31 heavy (non-hydrogen) atoms. The highest BCUT2D eigenvalue weighted by molar-refractivity contribution is 5.95. The highest BCUT2D eigenvalue weighted by Crippen LogP contribution is 2.38. The number of hydrogen-bond acceptors (Lipinski definition) is 5. The number of aromatic nitrogens is 2. The molecule has 1 saturated carbocycles. The predicted octanol–water partition coefficient (Wildman–Crippen LogP) is 1.58. The Morgan fingerprint density at radius 2 is 1.74 bits per heavy atom. The predicted molar refractivity (Wildman–Crippen MR) is 116 cm³/mol. The van der Waals surface area contributed by atoms with Gasteiger partial charge in [0.05, 0.1) is 5.69 Å². The molecule has 0 saturated heterocycles. The van der Waals surface area contributed by atoms with Gasteiger partial charge in [0.2, 0.25) is 11.8 Å². The van der Waals surface area contributed by atoms with Gasteiger partial charge in [-0.2, -0.15) is 5.10 Å². The van der Waals surface area contributed by atoms with E-state index in [1.807, 2.05) is 0 Å². The lowest BCUT2D eigenvalue weighted by atomic mass is 10.2. The minimum atomic E-state index is -0.743. The molecule has 0 bridgehead atoms. The first-order valence-corrected chi connectivity index (χ1v) is 10.4. The molecule has 0 spiro atoms. The number of carbonyl (C=O) groups is 3. The van der Waals surface area contributed by atoms with E-state index in [9.17, 15) is 19.2 Å². The summed E-state index contributed by atoms with van der Waals surface area (Å²) in [4.78, 5) is 48.1. The number of nitrogens with one attached hydrogen (secondary N) is 3. The Bertz CT molecular complexity index is 1010. The zero-order chi connectivity index (χ0) is 22.4. The van der Waals surface area contributed by atoms with E-state index in [1.165, 1.54) is 10.7 Å². The number of benzene rings is 1. The smallest absolute Gasteiger partial charge is 0.267 e. The zero-order valence-electron chi connectivity index (χ0n) is 17.7. The van der Waals surface area contributed by atoms with Crippen LogP contribution in [0.15, 0.2) is 41.2 Å². The molecule has 1 heterocycles. The standard InChI is InChI=1S/C22H27N5O4/c1-3-19(28)25-17-8-6-16(7-9-17)22(31)24-13-12-23-21(30)14(2)27-20(29)11-10-18(26-27)15-4-5-15/h6-11,14-15H,3-5,12-13H2,1-2H3,(H,23,30)(H,24,31)(H,25,28). The molecule has 1 aliphatic carbocycles. The molecule has 3 amide bonds. The minimum absolute atomic E-state index is 0.0982. The number of hydrogen-bond donors (Lipinski definition) is 3. The zero-order valence-corrected chi connectivity index (χ0v) is 17.7. The Kier molecular flexibility index (Phi) is 7.17. The number of anilines is 1. The summed E-state index contributed by atoms with van der Waals surface area (Å²) < 4.78 is 1.21. The van der Waals surface area contributed by atoms with Crippen LogP contribution in [-0.4, -0.2) is 40.6 Å². The molecular weight excluding hydrogens is 398 g/mol. The van der Waals surface area contributed by atoms with Gasteiger partial charge in [-0.3, -0.25) is 19.2 Å². The maximum atomic E-state index is 12.4. The highest BCUT2D eigenvalue weighted by atomic mass is 16.2. The van der Waals surface area contributed by atoms with Gasteiger partial charge in [0.15, 0.2) is 0 Å². The lowest BCUT2D eigenvalue weighted by Crippen LogP contribution is -2.40. The maximum absolute atomic E-state index is 12.4. The van der Waals surface area contributed by atoms with Gasteiger partial charge in [-0.25, -0.2) is 4.68 Å². The van der Waals surface area contributed by atoms with E-state index in [0.29, 0.717) is 23.6 Å². The van der Waals surface area contributed by atoms with Crippen molar-refractivity contribution in [3.05, 3.63) is 58.0 Å². The van der Waals surface area contributed by atoms with Crippen molar-refractivity contribution in [1.29, 1.82) is 0 Å². The van der Waals surface area contributed by atoms with Gasteiger partial charge in [-0.1, -0.05) is 6.92 Å². The number of nitrogens with zero attached hydrogens (tertiary/aromatic N) is 2. The van der Waals surface area contributed by atoms with Crippen molar-refractivity contribution < 1.29 is 14.4 Å². The van der Waals surface area contributed by atoms with E-state index in [-0.39, 0.29) is 36.4 Å². The summed E-state index contributed by atoms with van der Waals surface area (Å²) in [5.41, 5.74) is 1.59. The summed E-state index contributed by atoms with van der Waals surface area (Å²) >= 11 is 0. The second-order valence-electron chi connectivity index (χ2n) is 7.52. The van der Waals surface area contributed by atoms with Crippen LogP contribution in [0.4, 0.5) is 5.69 Å². The van der Waals surface area contributed by atoms with Gasteiger partial charge in [0.1, 0.15) is 6.04 Å². The molecule has 0 aliphatic heterocycles. The third-order valence-electron chi connectivity index (χ3n) is 5.05. The average Bonchev–Trinajstić information content (AvgIpc) is 3.62. The van der Waals surface area contributed by atoms with Gasteiger partial charge in [-0.15, -0.1) is 0 Å². The van der Waals surface area contributed by atoms with Gasteiger partial charge < -0.3 is 16.0 Å². The van der Waals surface area contributed by atoms with Crippen LogP contribution in [0.25, 0.3) is 0 Å². The monoisotopic (exact) mass is 425 g/mol. The molecule has 9 heteroatoms. The second kappa shape index (κ2) is 10.0. The molecule has 1 aromatic carbocycles. The van der Waals surface area contributed by atoms with Gasteiger partial charge in [-0.05, 0) is 50.1 Å². The van der Waals surface area contributed by atoms with Crippen LogP contribution < -0.4 is 21.5 Å². The molecule has 3 N–H and O–H groups in total. The van der Waals surface area contributed by atoms with Crippen LogP contribution in [-0.2, 0) is 9.59 Å². The van der Waals surface area contributed by atoms with Crippen LogP contribution in [0.1, 0.15) is 61.1 Å². The van der Waals surface area contributed by atoms with Crippen molar-refractivity contribution in [2.45, 2.75) is 45.1 Å². The van der Waals surface area contributed by atoms with E-state index in [0.717, 1.165) is 18.5 Å². The van der Waals surface area contributed by atoms with Crippen LogP contribution in [0.3, 0.4) is 0 Å². The first-order chi connectivity index (χ1) is 14.9. The topological polar surface area (TPSA) is 122 Å². The van der Waals surface area contributed by atoms with Crippen molar-refractivity contribution in [3.8, 4) is 0 Å². The fraction of sp³-hybridized carbons (Fsp3) is 0.409. The molecule has 9 nitrogen and oxygen atoms in total. The van der Waals surface area contributed by atoms with Gasteiger partial charge in [0, 0.05) is 42.7 Å². The molecule has 1 fully saturated rings. The maximum Gasteiger partial charge on any atom is 0.267 e. The minimum Gasteiger partial charge on any atom is -0.352 e. The molecular formula is C22H27N5O4. The Morgan fingerprint density at radius 3 is 2.39 bits per heavy atom. The summed E-state index contributed by atoms with van der Waals surface area (Å²) in [6.07, 6.45) is 2.49. The molecule has 1 aliphatic rings. The summed E-state index contributed by atoms with van der Waals surface area (Å²) in [6.45, 7) is 3.83. The molecule has 1 atom stereocenters. The van der Waals surface area contributed by atoms with Gasteiger partial charge in [0.25, 0.3) is 11.5 Å². The first-order valence-electron chi connectivity index (χ1n) is 10.4. The Balaban J connectivity index is 1.45. The van der Waals surface area contributed by atoms with Crippen LogP contribution in [0.2, 0.25) is 0 Å². The van der Waals surface area contributed by atoms with Crippen LogP contribution in [0, 0.1) is 0 Å². The van der Waals surface area contributed by atoms with E-state index in [1.54, 1.807) is 44.2 Å². The first kappa shape index (κ1) is 22.2. The number of rotatable bonds is 9. The van der Waals surface area contributed by atoms with Crippen LogP contribution >= 0.6 is 0 Å². The van der Waals surface area contributed by atoms with Gasteiger partial charge >= 0.3 is 0 Å². The molecule has 0 radical (unpaired) electrons. The quantitative estimate of drug-likeness (QED) is 0.527. The van der Waals surface area contributed by atoms with Crippen molar-refractivity contribution in [2.75, 3.05) is 18.4 Å². The molecule has 3 rings (SSSR count). The fourth-order valence-corrected chi connectivity index (χ4v) is 2.99. The second-order valence-corrected chi connectivity index (χ2v) is 7.52. The summed E-state index contributed by atoms with van der Waals surface area (Å²) in [6, 6.07) is 8.98. The largest absolute Gasteiger partial charge is 0.352 e. The average molecular weight is 425 g/mol. The van der Waals surface area contributed by atoms with E-state index in [2.05, 4.69) is 21.0 Å². The van der Waals surface area contributed by atoms with Crippen molar-refractivity contribution in [3.63, 3.8) is 0 Å². The Labute approximate surface area is 180 Å². The number of carbonyl (C=O) groups excluding carboxylic acids is 3. The Morgan fingerprint density at radius 1 is 1.06 bits per heavy atom. The van der Waals surface area contributed by atoms with E-state index < -0.39 is 6.04 Å². The Hall–Kier alpha value is -3.49. The highest BCUT2D eigenvalue weighted by Gasteiger charge is 2.27. The normalized spacial score (nSPS) is 13.9. The molecule has 1 unspecified atom stereocenters. The van der Waals surface area contributed by atoms with E-state index >= 15 is 0 Å². The lowest BCUT2D eigenvalue weighted by molar-refractivity contribution is -0.124. The fourth-order valence-electron chi connectivity index (χ4n) is 2.99. The van der Waals surface area contributed by atoms with Crippen molar-refractivity contribution in [1.82, 2.24) is 20.4 Å². The molecule has 2 aromatic rings. The van der Waals surface area contributed by atoms with Crippen molar-refractivity contribution in [2.24, 2.45) is 0 Å². The molecule has 1 aromatic heterocycles. The van der Waals surface area contributed by atoms with Crippen LogP contribution in [0.5, 0.6) is 0 Å². The summed E-state index contributed by atoms with van der Waals surface area (Å²) in [7, 11) is 0. The number of amides is 3. The third-order valence-corrected chi connectivity index (χ3v) is 5.05.